The van der Waals surface area contributed by atoms with Gasteiger partial charge in [-0.25, -0.2) is 4.79 Å². The topological polar surface area (TPSA) is 127 Å². The summed E-state index contributed by atoms with van der Waals surface area (Å²) >= 11 is 1.57. The summed E-state index contributed by atoms with van der Waals surface area (Å²) in [5, 5.41) is 30.6. The minimum atomic E-state index is -1.20. The van der Waals surface area contributed by atoms with Gasteiger partial charge in [0.1, 0.15) is 11.7 Å². The number of benzene rings is 1. The van der Waals surface area contributed by atoms with Crippen LogP contribution >= 0.6 is 22.9 Å². The van der Waals surface area contributed by atoms with E-state index >= 15 is 0 Å². The van der Waals surface area contributed by atoms with E-state index in [9.17, 15) is 25.0 Å². The van der Waals surface area contributed by atoms with Crippen molar-refractivity contribution in [1.29, 1.82) is 0 Å². The monoisotopic (exact) mass is 381 g/mol. The smallest absolute Gasteiger partial charge is 0.369 e. The van der Waals surface area contributed by atoms with E-state index < -0.39 is 33.2 Å². The van der Waals surface area contributed by atoms with Crippen molar-refractivity contribution in [2.45, 2.75) is 13.0 Å². The lowest BCUT2D eigenvalue weighted by Gasteiger charge is -2.20. The number of carbonyl (C=O) groups is 1. The molecule has 0 fully saturated rings. The summed E-state index contributed by atoms with van der Waals surface area (Å²) < 4.78 is 1.07. The van der Waals surface area contributed by atoms with Crippen molar-refractivity contribution >= 4 is 45.9 Å². The van der Waals surface area contributed by atoms with Crippen LogP contribution in [0.1, 0.15) is 6.92 Å². The van der Waals surface area contributed by atoms with Crippen LogP contribution in [0.3, 0.4) is 0 Å². The maximum absolute atomic E-state index is 11.0. The van der Waals surface area contributed by atoms with Crippen LogP contribution in [0.2, 0.25) is 0 Å². The molecule has 19 heavy (non-hydrogen) atoms. The third-order valence-electron chi connectivity index (χ3n) is 2.30. The van der Waals surface area contributed by atoms with Gasteiger partial charge in [0.2, 0.25) is 0 Å². The van der Waals surface area contributed by atoms with Gasteiger partial charge >= 0.3 is 17.3 Å². The lowest BCUT2D eigenvalue weighted by molar-refractivity contribution is -0.421. The standard InChI is InChI=1S/C9H8IN3O6/c1-5(9(14)15)11(10)6-3-2-4-7(12(16)17)8(6)13(18)19/h2-5H,1H3,(H,14,15). The number of hydrogen-bond donors (Lipinski definition) is 1. The van der Waals surface area contributed by atoms with Crippen LogP contribution in [-0.4, -0.2) is 27.0 Å². The van der Waals surface area contributed by atoms with Crippen LogP contribution in [0.15, 0.2) is 18.2 Å². The van der Waals surface area contributed by atoms with E-state index in [4.69, 9.17) is 5.11 Å². The average Bonchev–Trinajstić information content (AvgIpc) is 2.35. The van der Waals surface area contributed by atoms with Gasteiger partial charge in [-0.15, -0.1) is 0 Å². The number of rotatable bonds is 5. The minimum Gasteiger partial charge on any atom is -0.480 e. The van der Waals surface area contributed by atoms with Crippen LogP contribution in [0.25, 0.3) is 0 Å². The van der Waals surface area contributed by atoms with Crippen molar-refractivity contribution in [2.24, 2.45) is 0 Å². The summed E-state index contributed by atoms with van der Waals surface area (Å²) in [6.45, 7) is 1.32. The normalized spacial score (nSPS) is 11.7. The molecule has 0 aliphatic carbocycles. The predicted molar refractivity (Wildman–Crippen MR) is 73.3 cm³/mol. The van der Waals surface area contributed by atoms with Gasteiger partial charge in [0.25, 0.3) is 0 Å². The van der Waals surface area contributed by atoms with Crippen molar-refractivity contribution < 1.29 is 19.7 Å². The van der Waals surface area contributed by atoms with E-state index in [-0.39, 0.29) is 5.69 Å². The quantitative estimate of drug-likeness (QED) is 0.358. The number of halogens is 1. The Morgan fingerprint density at radius 3 is 2.37 bits per heavy atom. The van der Waals surface area contributed by atoms with Gasteiger partial charge in [-0.3, -0.25) is 23.3 Å². The lowest BCUT2D eigenvalue weighted by atomic mass is 10.2. The highest BCUT2D eigenvalue weighted by Crippen LogP contribution is 2.39. The second kappa shape index (κ2) is 5.77. The third kappa shape index (κ3) is 3.07. The molecule has 0 aromatic heterocycles. The van der Waals surface area contributed by atoms with Gasteiger partial charge in [0.05, 0.1) is 32.7 Å². The van der Waals surface area contributed by atoms with Gasteiger partial charge in [-0.1, -0.05) is 6.07 Å². The molecule has 0 heterocycles. The number of nitrogens with zero attached hydrogens (tertiary/aromatic N) is 3. The molecule has 1 rings (SSSR count). The first-order valence-corrected chi connectivity index (χ1v) is 5.83. The highest BCUT2D eigenvalue weighted by Gasteiger charge is 2.33. The van der Waals surface area contributed by atoms with Crippen molar-refractivity contribution in [2.75, 3.05) is 3.11 Å². The molecule has 0 aliphatic rings. The maximum Gasteiger partial charge on any atom is 0.369 e. The Balaban J connectivity index is 3.43. The van der Waals surface area contributed by atoms with Crippen LogP contribution in [0.4, 0.5) is 17.1 Å². The van der Waals surface area contributed by atoms with Gasteiger partial charge in [-0.05, 0) is 13.0 Å². The van der Waals surface area contributed by atoms with E-state index in [0.29, 0.717) is 0 Å². The van der Waals surface area contributed by atoms with Crippen molar-refractivity contribution in [3.8, 4) is 0 Å². The molecule has 102 valence electrons. The zero-order valence-corrected chi connectivity index (χ0v) is 11.7. The SMILES string of the molecule is CC(C(=O)O)N(I)c1cccc([N+](=O)[O-])c1[N+](=O)[O-]. The maximum atomic E-state index is 11.0. The molecule has 0 aliphatic heterocycles. The second-order valence-electron chi connectivity index (χ2n) is 3.48. The molecule has 0 saturated heterocycles. The Hall–Kier alpha value is -1.98. The number of anilines is 1. The summed E-state index contributed by atoms with van der Waals surface area (Å²) in [6.07, 6.45) is 0. The van der Waals surface area contributed by atoms with Gasteiger partial charge in [0.15, 0.2) is 0 Å². The van der Waals surface area contributed by atoms with Crippen molar-refractivity contribution in [3.63, 3.8) is 0 Å². The summed E-state index contributed by atoms with van der Waals surface area (Å²) in [7, 11) is 0. The lowest BCUT2D eigenvalue weighted by Crippen LogP contribution is -2.31. The van der Waals surface area contributed by atoms with E-state index in [2.05, 4.69) is 0 Å². The zero-order chi connectivity index (χ0) is 14.7. The Morgan fingerprint density at radius 2 is 1.95 bits per heavy atom. The molecule has 1 atom stereocenters. The number of carboxylic acids is 1. The molecule has 0 amide bonds. The average molecular weight is 381 g/mol. The number of nitro benzene ring substituents is 2. The second-order valence-corrected chi connectivity index (χ2v) is 4.52. The Morgan fingerprint density at radius 1 is 1.37 bits per heavy atom. The number of para-hydroxylation sites is 1. The van der Waals surface area contributed by atoms with Crippen LogP contribution in [0.5, 0.6) is 0 Å². The summed E-state index contributed by atoms with van der Waals surface area (Å²) in [5.74, 6) is -1.20. The van der Waals surface area contributed by atoms with Gasteiger partial charge < -0.3 is 5.11 Å². The zero-order valence-electron chi connectivity index (χ0n) is 9.52. The summed E-state index contributed by atoms with van der Waals surface area (Å²) in [4.78, 5) is 30.8. The van der Waals surface area contributed by atoms with Crippen LogP contribution < -0.4 is 3.11 Å². The van der Waals surface area contributed by atoms with Gasteiger partial charge in [-0.2, -0.15) is 0 Å². The molecule has 1 N–H and O–H groups in total. The Kier molecular flexibility index (Phi) is 4.58. The summed E-state index contributed by atoms with van der Waals surface area (Å²) in [5.41, 5.74) is -1.54. The van der Waals surface area contributed by atoms with E-state index in [1.165, 1.54) is 19.1 Å². The molecule has 0 bridgehead atoms. The van der Waals surface area contributed by atoms with E-state index in [1.54, 1.807) is 22.9 Å². The molecule has 0 saturated carbocycles. The molecule has 1 aromatic carbocycles. The van der Waals surface area contributed by atoms with Crippen molar-refractivity contribution in [1.82, 2.24) is 0 Å². The third-order valence-corrected chi connectivity index (χ3v) is 3.66. The molecule has 9 nitrogen and oxygen atoms in total. The Labute approximate surface area is 120 Å². The van der Waals surface area contributed by atoms with Crippen LogP contribution in [0, 0.1) is 20.2 Å². The number of carboxylic acid groups (broad SMARTS) is 1. The molecular formula is C9H8IN3O6. The Bertz CT molecular complexity index is 549. The van der Waals surface area contributed by atoms with E-state index in [1.807, 2.05) is 0 Å². The van der Waals surface area contributed by atoms with Crippen molar-refractivity contribution in [3.05, 3.63) is 38.4 Å². The highest BCUT2D eigenvalue weighted by molar-refractivity contribution is 14.1. The minimum absolute atomic E-state index is 0.130. The first-order valence-electron chi connectivity index (χ1n) is 4.87. The number of aliphatic carboxylic acids is 1. The molecule has 0 spiro atoms. The molecule has 10 heteroatoms. The number of nitro groups is 2. The first kappa shape index (κ1) is 15.1. The fourth-order valence-corrected chi connectivity index (χ4v) is 1.96. The fraction of sp³-hybridized carbons (Fsp3) is 0.222. The van der Waals surface area contributed by atoms with Crippen LogP contribution in [-0.2, 0) is 4.79 Å². The highest BCUT2D eigenvalue weighted by atomic mass is 127. The molecule has 1 unspecified atom stereocenters. The predicted octanol–water partition coefficient (Wildman–Crippen LogP) is 2.13. The fourth-order valence-electron chi connectivity index (χ4n) is 1.33. The largest absolute Gasteiger partial charge is 0.480 e. The first-order chi connectivity index (χ1) is 8.77. The molecule has 1 aromatic rings. The summed E-state index contributed by atoms with van der Waals surface area (Å²) in [6, 6.07) is 2.45. The number of hydrogen-bond acceptors (Lipinski definition) is 6. The van der Waals surface area contributed by atoms with Gasteiger partial charge in [0, 0.05) is 6.07 Å². The van der Waals surface area contributed by atoms with E-state index in [0.717, 1.165) is 9.18 Å². The molecular weight excluding hydrogens is 373 g/mol. The molecule has 0 radical (unpaired) electrons.